The summed E-state index contributed by atoms with van der Waals surface area (Å²) < 4.78 is 15.5. The third kappa shape index (κ3) is 2.75. The Hall–Kier alpha value is -2.43. The van der Waals surface area contributed by atoms with E-state index >= 15 is 0 Å². The number of halogens is 1. The first kappa shape index (κ1) is 15.1. The lowest BCUT2D eigenvalue weighted by Crippen LogP contribution is -2.26. The van der Waals surface area contributed by atoms with E-state index in [4.69, 9.17) is 0 Å². The first-order valence-corrected chi connectivity index (χ1v) is 8.59. The van der Waals surface area contributed by atoms with Crippen LogP contribution in [0.4, 0.5) is 10.2 Å². The predicted molar refractivity (Wildman–Crippen MR) is 93.8 cm³/mol. The molecule has 0 radical (unpaired) electrons. The van der Waals surface area contributed by atoms with E-state index < -0.39 is 0 Å². The molecule has 0 atom stereocenters. The molecule has 2 aromatic heterocycles. The predicted octanol–water partition coefficient (Wildman–Crippen LogP) is 4.22. The summed E-state index contributed by atoms with van der Waals surface area (Å²) in [4.78, 5) is 7.07. The molecular formula is C19H21FN4. The van der Waals surface area contributed by atoms with Gasteiger partial charge in [0, 0.05) is 30.4 Å². The van der Waals surface area contributed by atoms with E-state index in [-0.39, 0.29) is 5.82 Å². The van der Waals surface area contributed by atoms with Gasteiger partial charge in [0.2, 0.25) is 0 Å². The maximum Gasteiger partial charge on any atom is 0.165 e. The molecule has 3 aromatic rings. The Labute approximate surface area is 140 Å². The molecule has 1 fully saturated rings. The van der Waals surface area contributed by atoms with Crippen molar-refractivity contribution in [1.82, 2.24) is 14.6 Å². The standard InChI is InChI=1S/C19H21FN4/c1-14-11-18(23-9-4-2-3-5-10-23)24-19(22-14)17(13-21-24)15-7-6-8-16(20)12-15/h6-8,11-13H,2-5,9-10H2,1H3. The Kier molecular flexibility index (Phi) is 3.92. The number of fused-ring (bicyclic) bond motifs is 1. The van der Waals surface area contributed by atoms with Gasteiger partial charge in [0.15, 0.2) is 5.65 Å². The van der Waals surface area contributed by atoms with Crippen LogP contribution >= 0.6 is 0 Å². The van der Waals surface area contributed by atoms with Gasteiger partial charge in [-0.25, -0.2) is 9.37 Å². The Morgan fingerprint density at radius 2 is 1.83 bits per heavy atom. The van der Waals surface area contributed by atoms with Crippen molar-refractivity contribution in [3.05, 3.63) is 48.0 Å². The highest BCUT2D eigenvalue weighted by Crippen LogP contribution is 2.28. The molecule has 1 saturated heterocycles. The minimum atomic E-state index is -0.243. The average molecular weight is 324 g/mol. The number of anilines is 1. The van der Waals surface area contributed by atoms with Crippen molar-refractivity contribution in [1.29, 1.82) is 0 Å². The number of aryl methyl sites for hydroxylation is 1. The van der Waals surface area contributed by atoms with Gasteiger partial charge in [-0.1, -0.05) is 25.0 Å². The number of aromatic nitrogens is 3. The van der Waals surface area contributed by atoms with E-state index in [1.54, 1.807) is 12.3 Å². The van der Waals surface area contributed by atoms with Gasteiger partial charge in [-0.15, -0.1) is 0 Å². The second-order valence-electron chi connectivity index (χ2n) is 6.46. The molecule has 4 nitrogen and oxygen atoms in total. The van der Waals surface area contributed by atoms with Crippen LogP contribution in [0, 0.1) is 12.7 Å². The Balaban J connectivity index is 1.85. The molecule has 5 heteroatoms. The lowest BCUT2D eigenvalue weighted by atomic mass is 10.1. The zero-order chi connectivity index (χ0) is 16.5. The summed E-state index contributed by atoms with van der Waals surface area (Å²) >= 11 is 0. The summed E-state index contributed by atoms with van der Waals surface area (Å²) in [6.07, 6.45) is 6.79. The van der Waals surface area contributed by atoms with E-state index in [1.807, 2.05) is 17.5 Å². The molecule has 1 aliphatic heterocycles. The highest BCUT2D eigenvalue weighted by atomic mass is 19.1. The molecule has 4 rings (SSSR count). The summed E-state index contributed by atoms with van der Waals surface area (Å²) in [7, 11) is 0. The van der Waals surface area contributed by atoms with E-state index in [9.17, 15) is 4.39 Å². The van der Waals surface area contributed by atoms with Gasteiger partial charge < -0.3 is 4.90 Å². The van der Waals surface area contributed by atoms with Crippen LogP contribution in [0.3, 0.4) is 0 Å². The number of benzene rings is 1. The first-order chi connectivity index (χ1) is 11.7. The van der Waals surface area contributed by atoms with Crippen molar-refractivity contribution >= 4 is 11.5 Å². The van der Waals surface area contributed by atoms with Gasteiger partial charge in [-0.2, -0.15) is 9.61 Å². The minimum Gasteiger partial charge on any atom is -0.356 e. The Bertz CT molecular complexity index is 863. The zero-order valence-electron chi connectivity index (χ0n) is 13.9. The maximum absolute atomic E-state index is 13.6. The summed E-state index contributed by atoms with van der Waals surface area (Å²) in [5, 5.41) is 4.56. The summed E-state index contributed by atoms with van der Waals surface area (Å²) in [5.74, 6) is 0.842. The third-order valence-electron chi connectivity index (χ3n) is 4.65. The van der Waals surface area contributed by atoms with Gasteiger partial charge in [-0.3, -0.25) is 0 Å². The topological polar surface area (TPSA) is 33.4 Å². The molecule has 1 aliphatic rings. The van der Waals surface area contributed by atoms with Crippen molar-refractivity contribution in [2.75, 3.05) is 18.0 Å². The number of rotatable bonds is 2. The van der Waals surface area contributed by atoms with Gasteiger partial charge in [0.1, 0.15) is 11.6 Å². The second kappa shape index (κ2) is 6.23. The van der Waals surface area contributed by atoms with Gasteiger partial charge in [-0.05, 0) is 37.5 Å². The van der Waals surface area contributed by atoms with Crippen molar-refractivity contribution in [2.24, 2.45) is 0 Å². The fourth-order valence-electron chi connectivity index (χ4n) is 3.45. The van der Waals surface area contributed by atoms with Crippen molar-refractivity contribution in [3.8, 4) is 11.1 Å². The van der Waals surface area contributed by atoms with Crippen LogP contribution in [0.2, 0.25) is 0 Å². The number of nitrogens with zero attached hydrogens (tertiary/aromatic N) is 4. The third-order valence-corrected chi connectivity index (χ3v) is 4.65. The average Bonchev–Trinajstić information content (AvgIpc) is 2.80. The summed E-state index contributed by atoms with van der Waals surface area (Å²) in [6.45, 7) is 4.10. The molecule has 0 unspecified atom stereocenters. The molecule has 0 bridgehead atoms. The SMILES string of the molecule is Cc1cc(N2CCCCCC2)n2ncc(-c3cccc(F)c3)c2n1. The lowest BCUT2D eigenvalue weighted by molar-refractivity contribution is 0.628. The fraction of sp³-hybridized carbons (Fsp3) is 0.368. The van der Waals surface area contributed by atoms with Crippen LogP contribution in [-0.2, 0) is 0 Å². The van der Waals surface area contributed by atoms with Crippen molar-refractivity contribution in [2.45, 2.75) is 32.6 Å². The molecule has 0 spiro atoms. The molecule has 0 amide bonds. The van der Waals surface area contributed by atoms with Crippen molar-refractivity contribution < 1.29 is 4.39 Å². The van der Waals surface area contributed by atoms with Crippen molar-refractivity contribution in [3.63, 3.8) is 0 Å². The van der Waals surface area contributed by atoms with Crippen LogP contribution in [-0.4, -0.2) is 27.7 Å². The molecule has 0 N–H and O–H groups in total. The Morgan fingerprint density at radius 3 is 2.58 bits per heavy atom. The zero-order valence-corrected chi connectivity index (χ0v) is 13.9. The molecule has 3 heterocycles. The largest absolute Gasteiger partial charge is 0.356 e. The van der Waals surface area contributed by atoms with Crippen LogP contribution in [0.15, 0.2) is 36.5 Å². The summed E-state index contributed by atoms with van der Waals surface area (Å²) in [5.41, 5.74) is 3.43. The molecular weight excluding hydrogens is 303 g/mol. The highest BCUT2D eigenvalue weighted by molar-refractivity contribution is 5.78. The molecule has 24 heavy (non-hydrogen) atoms. The number of hydrogen-bond acceptors (Lipinski definition) is 3. The minimum absolute atomic E-state index is 0.243. The smallest absolute Gasteiger partial charge is 0.165 e. The second-order valence-corrected chi connectivity index (χ2v) is 6.46. The molecule has 124 valence electrons. The van der Waals surface area contributed by atoms with E-state index in [0.717, 1.165) is 41.4 Å². The summed E-state index contributed by atoms with van der Waals surface area (Å²) in [6, 6.07) is 8.71. The molecule has 1 aromatic carbocycles. The number of hydrogen-bond donors (Lipinski definition) is 0. The molecule has 0 saturated carbocycles. The van der Waals surface area contributed by atoms with E-state index in [0.29, 0.717) is 0 Å². The van der Waals surface area contributed by atoms with E-state index in [1.165, 1.54) is 37.8 Å². The first-order valence-electron chi connectivity index (χ1n) is 8.59. The maximum atomic E-state index is 13.6. The van der Waals surface area contributed by atoms with Crippen LogP contribution in [0.5, 0.6) is 0 Å². The Morgan fingerprint density at radius 1 is 1.04 bits per heavy atom. The van der Waals surface area contributed by atoms with Crippen LogP contribution in [0.1, 0.15) is 31.4 Å². The monoisotopic (exact) mass is 324 g/mol. The quantitative estimate of drug-likeness (QED) is 0.707. The van der Waals surface area contributed by atoms with Gasteiger partial charge in [0.05, 0.1) is 6.20 Å². The normalized spacial score (nSPS) is 15.7. The molecule has 0 aliphatic carbocycles. The highest BCUT2D eigenvalue weighted by Gasteiger charge is 2.17. The van der Waals surface area contributed by atoms with Crippen LogP contribution in [0.25, 0.3) is 16.8 Å². The lowest BCUT2D eigenvalue weighted by Gasteiger charge is -2.23. The van der Waals surface area contributed by atoms with E-state index in [2.05, 4.69) is 21.0 Å². The van der Waals surface area contributed by atoms with Crippen LogP contribution < -0.4 is 4.90 Å². The van der Waals surface area contributed by atoms with Gasteiger partial charge in [0.25, 0.3) is 0 Å². The fourth-order valence-corrected chi connectivity index (χ4v) is 3.45. The van der Waals surface area contributed by atoms with Gasteiger partial charge >= 0.3 is 0 Å².